The average molecular weight is 571 g/mol. The number of halogens is 6. The molecule has 0 aliphatic rings. The van der Waals surface area contributed by atoms with Crippen LogP contribution in [0, 0.1) is 6.92 Å². The number of hydrogen-bond acceptors (Lipinski definition) is 4. The van der Waals surface area contributed by atoms with Gasteiger partial charge in [0, 0.05) is 18.6 Å². The van der Waals surface area contributed by atoms with Crippen LogP contribution in [0.4, 0.5) is 26.3 Å². The minimum Gasteiger partial charge on any atom is -0.421 e. The van der Waals surface area contributed by atoms with Gasteiger partial charge in [0.25, 0.3) is 0 Å². The molecule has 0 aliphatic heterocycles. The lowest BCUT2D eigenvalue weighted by atomic mass is 10.1. The van der Waals surface area contributed by atoms with Crippen molar-refractivity contribution in [2.45, 2.75) is 108 Å². The molecule has 6 nitrogen and oxygen atoms in total. The SMILES string of the molecule is CCCCCCCCCCCCCC[n+]1ccc(C)cc1.O=S(=O)([N-]S(=O)(=O)C(F)(F)F)C(F)(F)F. The molecule has 0 atom stereocenters. The predicted molar refractivity (Wildman–Crippen MR) is 126 cm³/mol. The van der Waals surface area contributed by atoms with E-state index in [-0.39, 0.29) is 0 Å². The molecule has 0 amide bonds. The Balaban J connectivity index is 0.000000723. The van der Waals surface area contributed by atoms with E-state index in [2.05, 4.69) is 42.9 Å². The molecule has 0 spiro atoms. The van der Waals surface area contributed by atoms with Crippen molar-refractivity contribution in [3.05, 3.63) is 34.2 Å². The van der Waals surface area contributed by atoms with E-state index in [0.29, 0.717) is 0 Å². The third-order valence-electron chi connectivity index (χ3n) is 5.11. The molecule has 1 aromatic rings. The molecule has 14 heteroatoms. The van der Waals surface area contributed by atoms with Gasteiger partial charge in [0.1, 0.15) is 6.54 Å². The third-order valence-corrected chi connectivity index (χ3v) is 7.85. The summed E-state index contributed by atoms with van der Waals surface area (Å²) in [5.74, 6) is 0. The number of unbranched alkanes of at least 4 members (excludes halogenated alkanes) is 11. The van der Waals surface area contributed by atoms with Crippen LogP contribution < -0.4 is 4.57 Å². The van der Waals surface area contributed by atoms with Crippen LogP contribution in [0.15, 0.2) is 24.5 Å². The number of aryl methyl sites for hydroxylation is 2. The molecule has 1 heterocycles. The highest BCUT2D eigenvalue weighted by molar-refractivity contribution is 8.13. The Morgan fingerprint density at radius 2 is 1.00 bits per heavy atom. The number of pyridine rings is 1. The van der Waals surface area contributed by atoms with Crippen LogP contribution in [0.2, 0.25) is 0 Å². The molecular formula is C22H36F6N2O4S2. The summed E-state index contributed by atoms with van der Waals surface area (Å²) in [5, 5.41) is 0. The van der Waals surface area contributed by atoms with Gasteiger partial charge in [-0.2, -0.15) is 26.3 Å². The van der Waals surface area contributed by atoms with Crippen LogP contribution in [-0.4, -0.2) is 27.9 Å². The molecule has 36 heavy (non-hydrogen) atoms. The molecule has 0 aromatic carbocycles. The van der Waals surface area contributed by atoms with E-state index >= 15 is 0 Å². The zero-order valence-corrected chi connectivity index (χ0v) is 22.2. The molecule has 0 N–H and O–H groups in total. The molecule has 0 saturated heterocycles. The van der Waals surface area contributed by atoms with Gasteiger partial charge in [0.15, 0.2) is 32.4 Å². The predicted octanol–water partition coefficient (Wildman–Crippen LogP) is 7.04. The molecule has 0 unspecified atom stereocenters. The van der Waals surface area contributed by atoms with Crippen molar-refractivity contribution in [2.24, 2.45) is 0 Å². The van der Waals surface area contributed by atoms with Gasteiger partial charge in [-0.3, -0.25) is 0 Å². The Morgan fingerprint density at radius 1 is 0.667 bits per heavy atom. The van der Waals surface area contributed by atoms with E-state index in [1.54, 1.807) is 0 Å². The second-order valence-corrected chi connectivity index (χ2v) is 11.8. The first kappa shape index (κ1) is 34.6. The molecule has 0 aliphatic carbocycles. The van der Waals surface area contributed by atoms with Crippen molar-refractivity contribution < 1.29 is 47.7 Å². The molecule has 0 saturated carbocycles. The summed E-state index contributed by atoms with van der Waals surface area (Å²) in [7, 11) is -13.4. The summed E-state index contributed by atoms with van der Waals surface area (Å²) in [4.78, 5) is 0. The van der Waals surface area contributed by atoms with Crippen molar-refractivity contribution in [1.29, 1.82) is 0 Å². The molecule has 0 fully saturated rings. The number of aromatic nitrogens is 1. The summed E-state index contributed by atoms with van der Waals surface area (Å²) in [6, 6.07) is 4.39. The first-order chi connectivity index (χ1) is 16.5. The standard InChI is InChI=1S/C20H36N.C2F6NO4S2/c1-3-4-5-6-7-8-9-10-11-12-13-14-17-21-18-15-20(2)16-19-21;3-1(4,5)14(10,11)9-15(12,13)2(6,7)8/h15-16,18-19H,3-14,17H2,1-2H3;/q+1;-1. The largest absolute Gasteiger partial charge is 0.480 e. The summed E-state index contributed by atoms with van der Waals surface area (Å²) in [6.45, 7) is 5.61. The average Bonchev–Trinajstić information content (AvgIpc) is 2.74. The lowest BCUT2D eigenvalue weighted by Crippen LogP contribution is -2.32. The maximum Gasteiger partial charge on any atom is 0.480 e. The summed E-state index contributed by atoms with van der Waals surface area (Å²) in [5.41, 5.74) is -11.1. The number of nitrogens with zero attached hydrogens (tertiary/aromatic N) is 2. The summed E-state index contributed by atoms with van der Waals surface area (Å²) >= 11 is 0. The zero-order valence-electron chi connectivity index (χ0n) is 20.6. The lowest BCUT2D eigenvalue weighted by Gasteiger charge is -2.22. The van der Waals surface area contributed by atoms with Crippen LogP contribution in [0.3, 0.4) is 0 Å². The molecule has 0 bridgehead atoms. The third kappa shape index (κ3) is 15.0. The second-order valence-electron chi connectivity index (χ2n) is 8.42. The van der Waals surface area contributed by atoms with Gasteiger partial charge in [-0.25, -0.2) is 21.4 Å². The van der Waals surface area contributed by atoms with Gasteiger partial charge in [-0.1, -0.05) is 71.1 Å². The summed E-state index contributed by atoms with van der Waals surface area (Å²) in [6.07, 6.45) is 21.5. The van der Waals surface area contributed by atoms with E-state index in [0.717, 1.165) is 4.13 Å². The summed E-state index contributed by atoms with van der Waals surface area (Å²) < 4.78 is 111. The van der Waals surface area contributed by atoms with Gasteiger partial charge < -0.3 is 4.13 Å². The van der Waals surface area contributed by atoms with Crippen molar-refractivity contribution in [1.82, 2.24) is 0 Å². The van der Waals surface area contributed by atoms with Crippen LogP contribution in [0.1, 0.15) is 89.5 Å². The van der Waals surface area contributed by atoms with Crippen LogP contribution in [-0.2, 0) is 26.6 Å². The highest BCUT2D eigenvalue weighted by Gasteiger charge is 2.46. The number of rotatable bonds is 15. The lowest BCUT2D eigenvalue weighted by molar-refractivity contribution is -0.697. The number of alkyl halides is 6. The van der Waals surface area contributed by atoms with E-state index in [1.807, 2.05) is 0 Å². The Kier molecular flexibility index (Phi) is 15.8. The maximum absolute atomic E-state index is 11.4. The minimum atomic E-state index is -6.72. The fourth-order valence-electron chi connectivity index (χ4n) is 3.03. The first-order valence-corrected chi connectivity index (χ1v) is 14.7. The van der Waals surface area contributed by atoms with E-state index in [1.165, 1.54) is 89.2 Å². The normalized spacial score (nSPS) is 12.8. The van der Waals surface area contributed by atoms with Gasteiger partial charge in [0.2, 0.25) is 0 Å². The molecule has 0 radical (unpaired) electrons. The first-order valence-electron chi connectivity index (χ1n) is 11.9. The minimum absolute atomic E-state index is 0.778. The van der Waals surface area contributed by atoms with E-state index in [4.69, 9.17) is 0 Å². The Labute approximate surface area is 210 Å². The fraction of sp³-hybridized carbons (Fsp3) is 0.773. The maximum atomic E-state index is 11.4. The monoisotopic (exact) mass is 570 g/mol. The molecule has 212 valence electrons. The van der Waals surface area contributed by atoms with Crippen molar-refractivity contribution in [3.63, 3.8) is 0 Å². The van der Waals surface area contributed by atoms with Gasteiger partial charge in [-0.05, 0) is 18.9 Å². The quantitative estimate of drug-likeness (QED) is 0.129. The highest BCUT2D eigenvalue weighted by Crippen LogP contribution is 2.36. The Morgan fingerprint density at radius 3 is 1.33 bits per heavy atom. The van der Waals surface area contributed by atoms with Crippen molar-refractivity contribution >= 4 is 20.0 Å². The van der Waals surface area contributed by atoms with E-state index in [9.17, 15) is 43.2 Å². The molecular weight excluding hydrogens is 534 g/mol. The molecule has 1 aromatic heterocycles. The Bertz CT molecular complexity index is 891. The van der Waals surface area contributed by atoms with Gasteiger partial charge in [-0.15, -0.1) is 0 Å². The molecule has 1 rings (SSSR count). The number of sulfonamides is 2. The Hall–Kier alpha value is -1.41. The van der Waals surface area contributed by atoms with Crippen molar-refractivity contribution in [3.8, 4) is 0 Å². The number of hydrogen-bond donors (Lipinski definition) is 0. The van der Waals surface area contributed by atoms with Gasteiger partial charge >= 0.3 is 11.0 Å². The topological polar surface area (TPSA) is 86.3 Å². The zero-order chi connectivity index (χ0) is 27.9. The van der Waals surface area contributed by atoms with Crippen LogP contribution >= 0.6 is 0 Å². The van der Waals surface area contributed by atoms with Crippen molar-refractivity contribution in [2.75, 3.05) is 0 Å². The second kappa shape index (κ2) is 16.4. The van der Waals surface area contributed by atoms with E-state index < -0.39 is 31.1 Å². The van der Waals surface area contributed by atoms with Crippen LogP contribution in [0.25, 0.3) is 4.13 Å². The highest BCUT2D eigenvalue weighted by atomic mass is 32.3. The van der Waals surface area contributed by atoms with Crippen LogP contribution in [0.5, 0.6) is 0 Å². The smallest absolute Gasteiger partial charge is 0.421 e. The van der Waals surface area contributed by atoms with Gasteiger partial charge in [0.05, 0.1) is 0 Å². The fourth-order valence-corrected chi connectivity index (χ4v) is 4.74.